The van der Waals surface area contributed by atoms with Crippen molar-refractivity contribution in [2.75, 3.05) is 11.1 Å². The second kappa shape index (κ2) is 7.23. The minimum atomic E-state index is -3.43. The molecule has 0 spiro atoms. The van der Waals surface area contributed by atoms with Gasteiger partial charge in [0.1, 0.15) is 0 Å². The fourth-order valence-corrected chi connectivity index (χ4v) is 3.66. The number of nitrogens with one attached hydrogen (secondary N) is 1. The summed E-state index contributed by atoms with van der Waals surface area (Å²) >= 11 is 2.15. The molecule has 4 nitrogen and oxygen atoms in total. The third kappa shape index (κ3) is 4.81. The summed E-state index contributed by atoms with van der Waals surface area (Å²) in [5, 5.41) is 2.71. The number of carbonyl (C=O) groups excluding carboxylic acids is 1. The normalized spacial score (nSPS) is 11.2. The van der Waals surface area contributed by atoms with E-state index in [9.17, 15) is 13.2 Å². The number of aryl methyl sites for hydroxylation is 1. The first-order valence-corrected chi connectivity index (χ1v) is 9.45. The van der Waals surface area contributed by atoms with Gasteiger partial charge in [0.15, 0.2) is 9.84 Å². The first-order valence-electron chi connectivity index (χ1n) is 6.72. The molecule has 0 aromatic heterocycles. The SMILES string of the molecule is Cc1ccc(S(=O)(=O)CCC(=O)Nc2cccc(I)c2)cc1. The summed E-state index contributed by atoms with van der Waals surface area (Å²) in [6.07, 6.45) is -0.0678. The molecule has 2 aromatic rings. The average Bonchev–Trinajstić information content (AvgIpc) is 2.46. The van der Waals surface area contributed by atoms with Gasteiger partial charge in [0.2, 0.25) is 5.91 Å². The zero-order valence-corrected chi connectivity index (χ0v) is 15.0. The topological polar surface area (TPSA) is 63.2 Å². The van der Waals surface area contributed by atoms with Crippen molar-refractivity contribution in [2.45, 2.75) is 18.2 Å². The van der Waals surface area contributed by atoms with E-state index >= 15 is 0 Å². The minimum absolute atomic E-state index is 0.0678. The lowest BCUT2D eigenvalue weighted by Crippen LogP contribution is -2.17. The summed E-state index contributed by atoms with van der Waals surface area (Å²) in [7, 11) is -3.43. The zero-order chi connectivity index (χ0) is 16.2. The fourth-order valence-electron chi connectivity index (χ4n) is 1.88. The number of hydrogen-bond donors (Lipinski definition) is 1. The molecule has 0 aliphatic heterocycles. The van der Waals surface area contributed by atoms with E-state index in [-0.39, 0.29) is 23.0 Å². The number of hydrogen-bond acceptors (Lipinski definition) is 3. The van der Waals surface area contributed by atoms with Gasteiger partial charge in [0, 0.05) is 15.7 Å². The Morgan fingerprint density at radius 1 is 1.14 bits per heavy atom. The van der Waals surface area contributed by atoms with Crippen molar-refractivity contribution in [3.63, 3.8) is 0 Å². The number of benzene rings is 2. The Bertz CT molecular complexity index is 770. The second-order valence-corrected chi connectivity index (χ2v) is 8.30. The predicted molar refractivity (Wildman–Crippen MR) is 95.6 cm³/mol. The van der Waals surface area contributed by atoms with E-state index < -0.39 is 9.84 Å². The Labute approximate surface area is 144 Å². The molecule has 0 unspecified atom stereocenters. The standard InChI is InChI=1S/C16H16INO3S/c1-12-5-7-15(8-6-12)22(20,21)10-9-16(19)18-14-4-2-3-13(17)11-14/h2-8,11H,9-10H2,1H3,(H,18,19). The highest BCUT2D eigenvalue weighted by molar-refractivity contribution is 14.1. The summed E-state index contributed by atoms with van der Waals surface area (Å²) in [5.74, 6) is -0.510. The maximum Gasteiger partial charge on any atom is 0.225 e. The van der Waals surface area contributed by atoms with Crippen LogP contribution in [0.2, 0.25) is 0 Å². The Morgan fingerprint density at radius 3 is 2.45 bits per heavy atom. The van der Waals surface area contributed by atoms with E-state index in [0.717, 1.165) is 9.13 Å². The Kier molecular flexibility index (Phi) is 5.57. The largest absolute Gasteiger partial charge is 0.326 e. The van der Waals surface area contributed by atoms with Gasteiger partial charge in [-0.2, -0.15) is 0 Å². The van der Waals surface area contributed by atoms with Crippen molar-refractivity contribution >= 4 is 44.0 Å². The number of anilines is 1. The quantitative estimate of drug-likeness (QED) is 0.742. The van der Waals surface area contributed by atoms with Crippen molar-refractivity contribution in [3.8, 4) is 0 Å². The van der Waals surface area contributed by atoms with Gasteiger partial charge in [-0.1, -0.05) is 23.8 Å². The number of carbonyl (C=O) groups is 1. The summed E-state index contributed by atoms with van der Waals surface area (Å²) in [4.78, 5) is 12.1. The van der Waals surface area contributed by atoms with Gasteiger partial charge in [-0.05, 0) is 59.8 Å². The Balaban J connectivity index is 1.97. The van der Waals surface area contributed by atoms with Crippen molar-refractivity contribution in [2.24, 2.45) is 0 Å². The number of amides is 1. The van der Waals surface area contributed by atoms with Crippen LogP contribution in [0.15, 0.2) is 53.4 Å². The van der Waals surface area contributed by atoms with Crippen LogP contribution < -0.4 is 5.32 Å². The molecule has 22 heavy (non-hydrogen) atoms. The van der Waals surface area contributed by atoms with Gasteiger partial charge in [-0.3, -0.25) is 4.79 Å². The maximum absolute atomic E-state index is 12.2. The van der Waals surface area contributed by atoms with Crippen LogP contribution in [0.5, 0.6) is 0 Å². The van der Waals surface area contributed by atoms with Gasteiger partial charge in [-0.25, -0.2) is 8.42 Å². The third-order valence-corrected chi connectivity index (χ3v) is 5.49. The van der Waals surface area contributed by atoms with Crippen LogP contribution in [-0.4, -0.2) is 20.1 Å². The van der Waals surface area contributed by atoms with E-state index in [0.29, 0.717) is 5.69 Å². The van der Waals surface area contributed by atoms with E-state index in [4.69, 9.17) is 0 Å². The smallest absolute Gasteiger partial charge is 0.225 e. The number of sulfone groups is 1. The van der Waals surface area contributed by atoms with Gasteiger partial charge in [0.05, 0.1) is 10.6 Å². The molecule has 0 radical (unpaired) electrons. The molecule has 0 bridgehead atoms. The van der Waals surface area contributed by atoms with Crippen LogP contribution in [0.25, 0.3) is 0 Å². The van der Waals surface area contributed by atoms with Gasteiger partial charge in [0.25, 0.3) is 0 Å². The lowest BCUT2D eigenvalue weighted by molar-refractivity contribution is -0.115. The highest BCUT2D eigenvalue weighted by Crippen LogP contribution is 2.15. The number of halogens is 1. The second-order valence-electron chi connectivity index (χ2n) is 4.94. The summed E-state index contributed by atoms with van der Waals surface area (Å²) in [5.41, 5.74) is 1.67. The van der Waals surface area contributed by atoms with E-state index in [1.165, 1.54) is 0 Å². The van der Waals surface area contributed by atoms with Crippen LogP contribution in [0.1, 0.15) is 12.0 Å². The molecule has 1 N–H and O–H groups in total. The molecule has 0 fully saturated rings. The van der Waals surface area contributed by atoms with E-state index in [2.05, 4.69) is 27.9 Å². The maximum atomic E-state index is 12.2. The highest BCUT2D eigenvalue weighted by Gasteiger charge is 2.16. The first kappa shape index (κ1) is 17.0. The molecule has 2 aromatic carbocycles. The summed E-state index contributed by atoms with van der Waals surface area (Å²) in [6.45, 7) is 1.89. The van der Waals surface area contributed by atoms with Crippen LogP contribution in [0, 0.1) is 10.5 Å². The molecule has 116 valence electrons. The molecule has 0 heterocycles. The predicted octanol–water partition coefficient (Wildman–Crippen LogP) is 3.40. The molecule has 0 aliphatic carbocycles. The highest BCUT2D eigenvalue weighted by atomic mass is 127. The summed E-state index contributed by atoms with van der Waals surface area (Å²) in [6, 6.07) is 14.0. The monoisotopic (exact) mass is 429 g/mol. The van der Waals surface area contributed by atoms with Crippen molar-refractivity contribution in [3.05, 3.63) is 57.7 Å². The Morgan fingerprint density at radius 2 is 1.82 bits per heavy atom. The number of rotatable bonds is 5. The first-order chi connectivity index (χ1) is 10.4. The molecule has 2 rings (SSSR count). The molecule has 6 heteroatoms. The van der Waals surface area contributed by atoms with E-state index in [1.807, 2.05) is 25.1 Å². The molecule has 0 atom stereocenters. The van der Waals surface area contributed by atoms with Crippen LogP contribution in [0.4, 0.5) is 5.69 Å². The molecular weight excluding hydrogens is 413 g/mol. The Hall–Kier alpha value is -1.41. The zero-order valence-electron chi connectivity index (χ0n) is 12.0. The van der Waals surface area contributed by atoms with Gasteiger partial charge in [-0.15, -0.1) is 0 Å². The fraction of sp³-hybridized carbons (Fsp3) is 0.188. The summed E-state index contributed by atoms with van der Waals surface area (Å²) < 4.78 is 25.3. The molecule has 0 saturated carbocycles. The molecular formula is C16H16INO3S. The lowest BCUT2D eigenvalue weighted by atomic mass is 10.2. The van der Waals surface area contributed by atoms with Crippen molar-refractivity contribution < 1.29 is 13.2 Å². The molecule has 0 aliphatic rings. The lowest BCUT2D eigenvalue weighted by Gasteiger charge is -2.07. The average molecular weight is 429 g/mol. The minimum Gasteiger partial charge on any atom is -0.326 e. The van der Waals surface area contributed by atoms with Gasteiger partial charge < -0.3 is 5.32 Å². The molecule has 0 saturated heterocycles. The third-order valence-electron chi connectivity index (χ3n) is 3.09. The van der Waals surface area contributed by atoms with Gasteiger partial charge >= 0.3 is 0 Å². The van der Waals surface area contributed by atoms with Crippen molar-refractivity contribution in [1.82, 2.24) is 0 Å². The van der Waals surface area contributed by atoms with Crippen LogP contribution in [0.3, 0.4) is 0 Å². The van der Waals surface area contributed by atoms with Crippen molar-refractivity contribution in [1.29, 1.82) is 0 Å². The van der Waals surface area contributed by atoms with Crippen LogP contribution >= 0.6 is 22.6 Å². The molecule has 1 amide bonds. The van der Waals surface area contributed by atoms with Crippen LogP contribution in [-0.2, 0) is 14.6 Å². The van der Waals surface area contributed by atoms with E-state index in [1.54, 1.807) is 30.3 Å².